The molecule has 22 heavy (non-hydrogen) atoms. The molecule has 116 valence electrons. The van der Waals surface area contributed by atoms with E-state index in [-0.39, 0.29) is 12.1 Å². The molecule has 2 aromatic carbocycles. The van der Waals surface area contributed by atoms with Gasteiger partial charge in [-0.1, -0.05) is 17.7 Å². The molecule has 0 aliphatic carbocycles. The fourth-order valence-electron chi connectivity index (χ4n) is 2.22. The number of hydrogen-bond donors (Lipinski definition) is 2. The lowest BCUT2D eigenvalue weighted by Gasteiger charge is -2.15. The molecular formula is C18H22N2O2. The molecule has 0 heterocycles. The van der Waals surface area contributed by atoms with Crippen LogP contribution in [-0.2, 0) is 4.74 Å². The van der Waals surface area contributed by atoms with Crippen LogP contribution in [0.1, 0.15) is 35.3 Å². The van der Waals surface area contributed by atoms with E-state index in [9.17, 15) is 4.79 Å². The molecule has 0 bridgehead atoms. The summed E-state index contributed by atoms with van der Waals surface area (Å²) in [6.45, 7) is 7.72. The molecule has 0 spiro atoms. The minimum absolute atomic E-state index is 0.178. The average Bonchev–Trinajstić information content (AvgIpc) is 2.42. The second-order valence-corrected chi connectivity index (χ2v) is 5.70. The third-order valence-corrected chi connectivity index (χ3v) is 3.26. The molecule has 0 fully saturated rings. The number of esters is 1. The summed E-state index contributed by atoms with van der Waals surface area (Å²) in [7, 11) is 0. The predicted molar refractivity (Wildman–Crippen MR) is 90.6 cm³/mol. The molecule has 0 aliphatic rings. The van der Waals surface area contributed by atoms with Gasteiger partial charge in [0.15, 0.2) is 0 Å². The van der Waals surface area contributed by atoms with Crippen LogP contribution in [0.3, 0.4) is 0 Å². The van der Waals surface area contributed by atoms with Crippen molar-refractivity contribution in [3.63, 3.8) is 0 Å². The molecule has 0 unspecified atom stereocenters. The number of nitrogens with one attached hydrogen (secondary N) is 1. The minimum Gasteiger partial charge on any atom is -0.459 e. The van der Waals surface area contributed by atoms with Crippen LogP contribution in [0.4, 0.5) is 17.1 Å². The SMILES string of the molecule is Cc1ccc(Nc2ccc(N)cc2C(=O)OC(C)C)c(C)c1. The molecule has 0 saturated heterocycles. The number of aryl methyl sites for hydroxylation is 2. The highest BCUT2D eigenvalue weighted by Crippen LogP contribution is 2.26. The van der Waals surface area contributed by atoms with Gasteiger partial charge in [-0.15, -0.1) is 0 Å². The van der Waals surface area contributed by atoms with Gasteiger partial charge in [0.1, 0.15) is 0 Å². The third-order valence-electron chi connectivity index (χ3n) is 3.26. The summed E-state index contributed by atoms with van der Waals surface area (Å²) in [5, 5.41) is 3.29. The van der Waals surface area contributed by atoms with E-state index >= 15 is 0 Å². The lowest BCUT2D eigenvalue weighted by atomic mass is 10.1. The quantitative estimate of drug-likeness (QED) is 0.656. The zero-order valence-corrected chi connectivity index (χ0v) is 13.4. The molecule has 0 aromatic heterocycles. The van der Waals surface area contributed by atoms with Gasteiger partial charge >= 0.3 is 5.97 Å². The number of nitrogen functional groups attached to an aromatic ring is 1. The van der Waals surface area contributed by atoms with E-state index in [4.69, 9.17) is 10.5 Å². The van der Waals surface area contributed by atoms with Crippen molar-refractivity contribution >= 4 is 23.0 Å². The van der Waals surface area contributed by atoms with E-state index in [1.54, 1.807) is 18.2 Å². The molecule has 2 aromatic rings. The van der Waals surface area contributed by atoms with Crippen molar-refractivity contribution in [2.45, 2.75) is 33.8 Å². The van der Waals surface area contributed by atoms with Gasteiger partial charge in [-0.2, -0.15) is 0 Å². The third kappa shape index (κ3) is 3.79. The van der Waals surface area contributed by atoms with Gasteiger partial charge in [0.05, 0.1) is 17.4 Å². The molecule has 0 amide bonds. The Morgan fingerprint density at radius 1 is 1.09 bits per heavy atom. The van der Waals surface area contributed by atoms with Crippen molar-refractivity contribution in [1.29, 1.82) is 0 Å². The van der Waals surface area contributed by atoms with Crippen LogP contribution in [-0.4, -0.2) is 12.1 Å². The first-order valence-corrected chi connectivity index (χ1v) is 7.31. The van der Waals surface area contributed by atoms with Crippen LogP contribution >= 0.6 is 0 Å². The predicted octanol–water partition coefficient (Wildman–Crippen LogP) is 4.19. The molecule has 2 rings (SSSR count). The van der Waals surface area contributed by atoms with Gasteiger partial charge in [0, 0.05) is 11.4 Å². The first-order valence-electron chi connectivity index (χ1n) is 7.31. The Labute approximate surface area is 131 Å². The van der Waals surface area contributed by atoms with Crippen LogP contribution in [0.5, 0.6) is 0 Å². The molecule has 4 heteroatoms. The number of nitrogens with two attached hydrogens (primary N) is 1. The van der Waals surface area contributed by atoms with E-state index in [1.807, 2.05) is 39.8 Å². The maximum Gasteiger partial charge on any atom is 0.340 e. The summed E-state index contributed by atoms with van der Waals surface area (Å²) in [5.74, 6) is -0.380. The monoisotopic (exact) mass is 298 g/mol. The fourth-order valence-corrected chi connectivity index (χ4v) is 2.22. The van der Waals surface area contributed by atoms with Crippen molar-refractivity contribution in [2.24, 2.45) is 0 Å². The summed E-state index contributed by atoms with van der Waals surface area (Å²) >= 11 is 0. The molecule has 0 atom stereocenters. The largest absolute Gasteiger partial charge is 0.459 e. The Hall–Kier alpha value is -2.49. The van der Waals surface area contributed by atoms with Crippen LogP contribution in [0, 0.1) is 13.8 Å². The van der Waals surface area contributed by atoms with E-state index < -0.39 is 0 Å². The second-order valence-electron chi connectivity index (χ2n) is 5.70. The Morgan fingerprint density at radius 2 is 1.77 bits per heavy atom. The van der Waals surface area contributed by atoms with E-state index in [2.05, 4.69) is 11.4 Å². The smallest absolute Gasteiger partial charge is 0.340 e. The van der Waals surface area contributed by atoms with Gasteiger partial charge < -0.3 is 15.8 Å². The van der Waals surface area contributed by atoms with Crippen molar-refractivity contribution in [3.8, 4) is 0 Å². The number of rotatable bonds is 4. The molecule has 4 nitrogen and oxygen atoms in total. The van der Waals surface area contributed by atoms with E-state index in [1.165, 1.54) is 5.56 Å². The Balaban J connectivity index is 2.36. The highest BCUT2D eigenvalue weighted by molar-refractivity contribution is 5.97. The summed E-state index contributed by atoms with van der Waals surface area (Å²) in [4.78, 5) is 12.2. The lowest BCUT2D eigenvalue weighted by Crippen LogP contribution is -2.13. The Bertz CT molecular complexity index is 693. The summed E-state index contributed by atoms with van der Waals surface area (Å²) in [6.07, 6.45) is -0.178. The zero-order chi connectivity index (χ0) is 16.3. The van der Waals surface area contributed by atoms with E-state index in [0.717, 1.165) is 11.3 Å². The highest BCUT2D eigenvalue weighted by atomic mass is 16.5. The van der Waals surface area contributed by atoms with Gasteiger partial charge in [-0.3, -0.25) is 0 Å². The number of ether oxygens (including phenoxy) is 1. The standard InChI is InChI=1S/C18H22N2O2/c1-11(2)22-18(21)15-10-14(19)6-8-17(15)20-16-7-5-12(3)9-13(16)4/h5-11,20H,19H2,1-4H3. The van der Waals surface area contributed by atoms with Crippen molar-refractivity contribution in [2.75, 3.05) is 11.1 Å². The normalized spacial score (nSPS) is 10.6. The average molecular weight is 298 g/mol. The lowest BCUT2D eigenvalue weighted by molar-refractivity contribution is 0.0379. The first-order chi connectivity index (χ1) is 10.4. The first kappa shape index (κ1) is 15.9. The minimum atomic E-state index is -0.380. The van der Waals surface area contributed by atoms with Gasteiger partial charge in [-0.25, -0.2) is 4.79 Å². The van der Waals surface area contributed by atoms with Crippen molar-refractivity contribution in [1.82, 2.24) is 0 Å². The van der Waals surface area contributed by atoms with E-state index in [0.29, 0.717) is 16.9 Å². The van der Waals surface area contributed by atoms with Gasteiger partial charge in [0.25, 0.3) is 0 Å². The van der Waals surface area contributed by atoms with Crippen LogP contribution in [0.2, 0.25) is 0 Å². The number of anilines is 3. The highest BCUT2D eigenvalue weighted by Gasteiger charge is 2.15. The Morgan fingerprint density at radius 3 is 2.41 bits per heavy atom. The second kappa shape index (κ2) is 6.52. The van der Waals surface area contributed by atoms with Crippen molar-refractivity contribution < 1.29 is 9.53 Å². The maximum absolute atomic E-state index is 12.2. The molecule has 0 radical (unpaired) electrons. The molecule has 0 saturated carbocycles. The molecular weight excluding hydrogens is 276 g/mol. The number of hydrogen-bond acceptors (Lipinski definition) is 4. The molecule has 3 N–H and O–H groups in total. The summed E-state index contributed by atoms with van der Waals surface area (Å²) in [6, 6.07) is 11.3. The fraction of sp³-hybridized carbons (Fsp3) is 0.278. The number of benzene rings is 2. The zero-order valence-electron chi connectivity index (χ0n) is 13.4. The Kier molecular flexibility index (Phi) is 4.71. The van der Waals surface area contributed by atoms with Crippen LogP contribution in [0.25, 0.3) is 0 Å². The molecule has 0 aliphatic heterocycles. The number of carbonyl (C=O) groups excluding carboxylic acids is 1. The topological polar surface area (TPSA) is 64.3 Å². The number of carbonyl (C=O) groups is 1. The van der Waals surface area contributed by atoms with Crippen LogP contribution in [0.15, 0.2) is 36.4 Å². The van der Waals surface area contributed by atoms with Gasteiger partial charge in [0.2, 0.25) is 0 Å². The van der Waals surface area contributed by atoms with Crippen LogP contribution < -0.4 is 11.1 Å². The maximum atomic E-state index is 12.2. The summed E-state index contributed by atoms with van der Waals surface area (Å²) < 4.78 is 5.28. The van der Waals surface area contributed by atoms with Crippen molar-refractivity contribution in [3.05, 3.63) is 53.1 Å². The summed E-state index contributed by atoms with van der Waals surface area (Å²) in [5.41, 5.74) is 10.7. The van der Waals surface area contributed by atoms with Gasteiger partial charge in [-0.05, 0) is 57.5 Å².